The lowest BCUT2D eigenvalue weighted by Gasteiger charge is -2.20. The Morgan fingerprint density at radius 1 is 0.415 bits per heavy atom. The number of benzene rings is 5. The van der Waals surface area contributed by atoms with Crippen molar-refractivity contribution in [3.8, 4) is 0 Å². The van der Waals surface area contributed by atoms with Crippen molar-refractivity contribution in [1.82, 2.24) is 0 Å². The summed E-state index contributed by atoms with van der Waals surface area (Å²) in [5, 5.41) is 11.1. The van der Waals surface area contributed by atoms with Crippen molar-refractivity contribution in [3.05, 3.63) is 189 Å². The molecule has 15 nitrogen and oxygen atoms in total. The number of hydrogen-bond donors (Lipinski definition) is 0. The van der Waals surface area contributed by atoms with Crippen molar-refractivity contribution < 1.29 is 90.4 Å². The standard InChI is InChI=1S/C24H22F3NO4S.C23H18F5NO4S.C18H18F3NO4S/c1-13(29)32-28-20(14-6-8-16(9-7-14)24(25,26)27)18-11-15-10-17(23(2,3)4)12-19(33-5)21(15)31-22(18)30;1-9(30)33-29-20(14-15(24)17(26)19(28)18(27)16(14)25)12-7-10-6-11(23(2,3)4)8-13(34-5)21(10)32-22(12)31;1-9(23)26-22-15(18(19,20)21)12-7-10-6-11(17(2,3)4)8-13(27-5)14(10)25-16(12)24/h6-12H,1-5H3;6-8H,1-5H3;6-8H,1-5H3/b28-20+;29-20-;22-15-. The summed E-state index contributed by atoms with van der Waals surface area (Å²) in [4.78, 5) is 86.6. The molecule has 0 aliphatic heterocycles. The second-order valence-electron chi connectivity index (χ2n) is 23.5. The minimum atomic E-state index is -5.01. The molecule has 29 heteroatoms. The number of oxime groups is 3. The van der Waals surface area contributed by atoms with Crippen LogP contribution in [0.15, 0.2) is 137 Å². The molecular formula is C65H58F11N3O12S3. The number of halogens is 11. The fourth-order valence-electron chi connectivity index (χ4n) is 8.56. The lowest BCUT2D eigenvalue weighted by molar-refractivity contribution is -0.142. The average Bonchev–Trinajstić information content (AvgIpc) is 0.773. The second kappa shape index (κ2) is 29.0. The van der Waals surface area contributed by atoms with E-state index >= 15 is 0 Å². The Hall–Kier alpha value is -8.57. The molecular weight excluding hydrogens is 1320 g/mol. The normalized spacial score (nSPS) is 12.7. The molecule has 5 aromatic carbocycles. The summed E-state index contributed by atoms with van der Waals surface area (Å²) in [7, 11) is 0. The van der Waals surface area contributed by atoms with Crippen molar-refractivity contribution >= 4 is 103 Å². The van der Waals surface area contributed by atoms with Crippen LogP contribution in [0.1, 0.15) is 133 Å². The Morgan fingerprint density at radius 3 is 1.04 bits per heavy atom. The Kier molecular flexibility index (Phi) is 23.0. The van der Waals surface area contributed by atoms with E-state index in [-0.39, 0.29) is 44.2 Å². The minimum Gasteiger partial charge on any atom is -0.421 e. The van der Waals surface area contributed by atoms with Crippen LogP contribution in [0.25, 0.3) is 32.9 Å². The van der Waals surface area contributed by atoms with Crippen molar-refractivity contribution in [1.29, 1.82) is 0 Å². The molecule has 0 saturated heterocycles. The first-order chi connectivity index (χ1) is 43.4. The molecule has 0 fully saturated rings. The summed E-state index contributed by atoms with van der Waals surface area (Å²) in [5.74, 6) is -14.3. The van der Waals surface area contributed by atoms with Crippen LogP contribution >= 0.6 is 35.3 Å². The van der Waals surface area contributed by atoms with Crippen molar-refractivity contribution in [3.63, 3.8) is 0 Å². The van der Waals surface area contributed by atoms with Gasteiger partial charge in [-0.3, -0.25) is 0 Å². The van der Waals surface area contributed by atoms with Crippen molar-refractivity contribution in [2.75, 3.05) is 18.8 Å². The molecule has 8 aromatic rings. The largest absolute Gasteiger partial charge is 0.437 e. The molecule has 94 heavy (non-hydrogen) atoms. The van der Waals surface area contributed by atoms with Gasteiger partial charge in [-0.25, -0.2) is 50.7 Å². The van der Waals surface area contributed by atoms with Gasteiger partial charge < -0.3 is 27.8 Å². The predicted molar refractivity (Wildman–Crippen MR) is 336 cm³/mol. The van der Waals surface area contributed by atoms with Crippen LogP contribution in [-0.2, 0) is 51.3 Å². The van der Waals surface area contributed by atoms with Crippen LogP contribution in [0, 0.1) is 29.1 Å². The van der Waals surface area contributed by atoms with E-state index in [2.05, 4.69) is 25.1 Å². The SMILES string of the molecule is CSc1cc(C(C)(C)C)cc2cc(/C(=N/OC(C)=O)C(F)(F)F)c(=O)oc12.CSc1cc(C(C)(C)C)cc2cc(/C(=N/OC(C)=O)c3c(F)c(F)c(F)c(F)c3F)c(=O)oc12.CSc1cc(C(C)(C)C)cc2cc(/C(=N/OC(C)=O)c3ccc(C(F)(F)F)cc3)c(=O)oc12. The first-order valence-electron chi connectivity index (χ1n) is 27.5. The molecule has 3 heterocycles. The summed E-state index contributed by atoms with van der Waals surface area (Å²) >= 11 is 4.02. The molecule has 0 amide bonds. The third-order valence-corrected chi connectivity index (χ3v) is 15.6. The van der Waals surface area contributed by atoms with Gasteiger partial charge in [0.2, 0.25) is 5.82 Å². The maximum absolute atomic E-state index is 14.6. The molecule has 0 aliphatic rings. The fourth-order valence-corrected chi connectivity index (χ4v) is 10.3. The molecule has 3 aromatic heterocycles. The molecule has 8 rings (SSSR count). The van der Waals surface area contributed by atoms with Crippen molar-refractivity contribution in [2.45, 2.75) is 126 Å². The molecule has 0 unspecified atom stereocenters. The van der Waals surface area contributed by atoms with E-state index in [4.69, 9.17) is 18.1 Å². The van der Waals surface area contributed by atoms with Gasteiger partial charge in [0, 0.05) is 42.5 Å². The van der Waals surface area contributed by atoms with Gasteiger partial charge in [0.15, 0.2) is 45.7 Å². The van der Waals surface area contributed by atoms with Gasteiger partial charge in [-0.1, -0.05) is 89.9 Å². The number of carbonyl (C=O) groups excluding carboxylic acids is 3. The first kappa shape index (κ1) is 74.5. The zero-order valence-electron chi connectivity index (χ0n) is 52.6. The van der Waals surface area contributed by atoms with Gasteiger partial charge in [0.1, 0.15) is 11.4 Å². The molecule has 0 radical (unpaired) electrons. The van der Waals surface area contributed by atoms with E-state index in [9.17, 15) is 77.1 Å². The monoisotopic (exact) mass is 1380 g/mol. The van der Waals surface area contributed by atoms with Crippen LogP contribution in [0.5, 0.6) is 0 Å². The summed E-state index contributed by atoms with van der Waals surface area (Å²) in [6.45, 7) is 20.7. The van der Waals surface area contributed by atoms with Gasteiger partial charge >= 0.3 is 47.1 Å². The number of rotatable bonds is 11. The molecule has 0 spiro atoms. The topological polar surface area (TPSA) is 207 Å². The van der Waals surface area contributed by atoms with Crippen LogP contribution in [0.2, 0.25) is 0 Å². The third kappa shape index (κ3) is 17.4. The van der Waals surface area contributed by atoms with Crippen LogP contribution in [0.4, 0.5) is 48.3 Å². The second-order valence-corrected chi connectivity index (χ2v) is 26.0. The third-order valence-electron chi connectivity index (χ3n) is 13.4. The van der Waals surface area contributed by atoms with Gasteiger partial charge in [0.05, 0.1) is 42.5 Å². The van der Waals surface area contributed by atoms with Gasteiger partial charge in [-0.2, -0.15) is 26.3 Å². The highest BCUT2D eigenvalue weighted by Crippen LogP contribution is 2.38. The smallest absolute Gasteiger partial charge is 0.421 e. The highest BCUT2D eigenvalue weighted by molar-refractivity contribution is 7.99. The van der Waals surface area contributed by atoms with E-state index in [1.807, 2.05) is 92.8 Å². The van der Waals surface area contributed by atoms with Crippen molar-refractivity contribution in [2.24, 2.45) is 15.5 Å². The maximum atomic E-state index is 14.6. The lowest BCUT2D eigenvalue weighted by atomic mass is 9.86. The zero-order chi connectivity index (χ0) is 70.7. The quantitative estimate of drug-likeness (QED) is 0.0172. The Bertz CT molecular complexity index is 4550. The van der Waals surface area contributed by atoms with Crippen LogP contribution in [0.3, 0.4) is 0 Å². The first-order valence-corrected chi connectivity index (χ1v) is 31.1. The Morgan fingerprint density at radius 2 is 0.723 bits per heavy atom. The maximum Gasteiger partial charge on any atom is 0.437 e. The van der Waals surface area contributed by atoms with E-state index in [0.29, 0.717) is 31.5 Å². The molecule has 0 saturated carbocycles. The van der Waals surface area contributed by atoms with E-state index in [1.165, 1.54) is 35.3 Å². The number of thioether (sulfide) groups is 3. The number of nitrogens with zero attached hydrogens (tertiary/aromatic N) is 3. The summed E-state index contributed by atoms with van der Waals surface area (Å²) in [5.41, 5.74) is -7.14. The highest BCUT2D eigenvalue weighted by Gasteiger charge is 2.41. The fraction of sp³-hybridized carbons (Fsp3) is 0.308. The summed E-state index contributed by atoms with van der Waals surface area (Å²) in [6.07, 6.45) is -4.14. The van der Waals surface area contributed by atoms with E-state index in [1.54, 1.807) is 30.7 Å². The molecule has 500 valence electrons. The Balaban J connectivity index is 0.000000225. The van der Waals surface area contributed by atoms with Gasteiger partial charge in [0.25, 0.3) is 0 Å². The Labute approximate surface area is 541 Å². The number of fused-ring (bicyclic) bond motifs is 3. The number of hydrogen-bond acceptors (Lipinski definition) is 18. The predicted octanol–water partition coefficient (Wildman–Crippen LogP) is 16.6. The molecule has 0 atom stereocenters. The van der Waals surface area contributed by atoms with Gasteiger partial charge in [-0.15, -0.1) is 35.3 Å². The summed E-state index contributed by atoms with van der Waals surface area (Å²) in [6, 6.07) is 18.6. The minimum absolute atomic E-state index is 0.0402. The van der Waals surface area contributed by atoms with Gasteiger partial charge in [-0.05, 0) is 118 Å². The number of carbonyl (C=O) groups is 3. The molecule has 0 bridgehead atoms. The lowest BCUT2D eigenvalue weighted by Crippen LogP contribution is -2.29. The zero-order valence-corrected chi connectivity index (χ0v) is 55.1. The molecule has 0 aliphatic carbocycles. The van der Waals surface area contributed by atoms with E-state index < -0.39 is 110 Å². The summed E-state index contributed by atoms with van der Waals surface area (Å²) < 4.78 is 166. The number of alkyl halides is 6. The van der Waals surface area contributed by atoms with Crippen LogP contribution in [-0.4, -0.2) is 60.0 Å². The van der Waals surface area contributed by atoms with Crippen LogP contribution < -0.4 is 16.9 Å². The highest BCUT2D eigenvalue weighted by atomic mass is 32.2. The molecule has 0 N–H and O–H groups in total. The average molecular weight is 1380 g/mol. The van der Waals surface area contributed by atoms with E-state index in [0.717, 1.165) is 78.8 Å².